The van der Waals surface area contributed by atoms with Crippen molar-refractivity contribution in [3.05, 3.63) is 93.5 Å². The summed E-state index contributed by atoms with van der Waals surface area (Å²) in [5.74, 6) is 5.30. The molecule has 1 aliphatic carbocycles. The van der Waals surface area contributed by atoms with Gasteiger partial charge in [0.2, 0.25) is 5.91 Å². The average molecular weight is 469 g/mol. The molecule has 0 spiro atoms. The molecule has 0 fully saturated rings. The first kappa shape index (κ1) is 23.5. The summed E-state index contributed by atoms with van der Waals surface area (Å²) in [6.45, 7) is 1.78. The first-order valence-corrected chi connectivity index (χ1v) is 11.1. The van der Waals surface area contributed by atoms with E-state index in [1.165, 1.54) is 19.1 Å². The predicted octanol–water partition coefficient (Wildman–Crippen LogP) is 4.83. The molecule has 1 aliphatic rings. The highest BCUT2D eigenvalue weighted by molar-refractivity contribution is 5.91. The number of nitro benzene ring substituents is 1. The molecular weight excluding hydrogens is 446 g/mol. The number of anilines is 1. The van der Waals surface area contributed by atoms with Gasteiger partial charge in [-0.2, -0.15) is 0 Å². The van der Waals surface area contributed by atoms with Crippen LogP contribution in [0.25, 0.3) is 11.1 Å². The van der Waals surface area contributed by atoms with Crippen LogP contribution in [0.3, 0.4) is 0 Å². The Morgan fingerprint density at radius 2 is 1.69 bits per heavy atom. The number of carbonyl (C=O) groups excluding carboxylic acids is 2. The van der Waals surface area contributed by atoms with Crippen LogP contribution < -0.4 is 10.6 Å². The summed E-state index contributed by atoms with van der Waals surface area (Å²) in [4.78, 5) is 34.1. The quantitative estimate of drug-likeness (QED) is 0.232. The number of alkyl carbamates (subject to hydrolysis) is 1. The number of hydrogen-bond acceptors (Lipinski definition) is 5. The molecule has 0 aromatic heterocycles. The fraction of sp³-hybridized carbons (Fsp3) is 0.185. The zero-order valence-electron chi connectivity index (χ0n) is 19.0. The Labute approximate surface area is 202 Å². The lowest BCUT2D eigenvalue weighted by Gasteiger charge is -2.14. The van der Waals surface area contributed by atoms with Crippen LogP contribution in [-0.2, 0) is 9.53 Å². The minimum absolute atomic E-state index is 0.0100. The molecule has 0 aliphatic heterocycles. The van der Waals surface area contributed by atoms with E-state index >= 15 is 0 Å². The van der Waals surface area contributed by atoms with Crippen molar-refractivity contribution < 1.29 is 19.2 Å². The average Bonchev–Trinajstić information content (AvgIpc) is 3.16. The predicted molar refractivity (Wildman–Crippen MR) is 132 cm³/mol. The number of benzene rings is 3. The van der Waals surface area contributed by atoms with Crippen LogP contribution in [0.15, 0.2) is 66.7 Å². The third kappa shape index (κ3) is 5.47. The van der Waals surface area contributed by atoms with Crippen LogP contribution in [0.1, 0.15) is 36.0 Å². The number of hydrogen-bond donors (Lipinski definition) is 2. The lowest BCUT2D eigenvalue weighted by molar-refractivity contribution is -0.383. The summed E-state index contributed by atoms with van der Waals surface area (Å²) in [5, 5.41) is 16.4. The van der Waals surface area contributed by atoms with E-state index in [1.54, 1.807) is 6.07 Å². The van der Waals surface area contributed by atoms with Crippen molar-refractivity contribution in [2.75, 3.05) is 18.5 Å². The molecule has 176 valence electrons. The zero-order chi connectivity index (χ0) is 24.8. The second-order valence-corrected chi connectivity index (χ2v) is 7.97. The maximum absolute atomic E-state index is 12.2. The van der Waals surface area contributed by atoms with Gasteiger partial charge in [-0.3, -0.25) is 14.9 Å². The van der Waals surface area contributed by atoms with Crippen molar-refractivity contribution in [2.24, 2.45) is 0 Å². The number of carbonyl (C=O) groups is 2. The second-order valence-electron chi connectivity index (χ2n) is 7.97. The Balaban J connectivity index is 1.29. The number of amides is 2. The van der Waals surface area contributed by atoms with Crippen LogP contribution in [0.5, 0.6) is 0 Å². The summed E-state index contributed by atoms with van der Waals surface area (Å²) in [6, 6.07) is 20.6. The summed E-state index contributed by atoms with van der Waals surface area (Å²) in [6.07, 6.45) is -0.185. The molecule has 0 atom stereocenters. The molecule has 2 N–H and O–H groups in total. The smallest absolute Gasteiger partial charge is 0.407 e. The number of nitrogens with zero attached hydrogens (tertiary/aromatic N) is 1. The molecule has 0 radical (unpaired) electrons. The Hall–Kier alpha value is -4.64. The van der Waals surface area contributed by atoms with Gasteiger partial charge in [-0.05, 0) is 34.4 Å². The molecule has 0 unspecified atom stereocenters. The Morgan fingerprint density at radius 1 is 1.03 bits per heavy atom. The maximum atomic E-state index is 12.2. The lowest BCUT2D eigenvalue weighted by Crippen LogP contribution is -2.26. The van der Waals surface area contributed by atoms with E-state index in [2.05, 4.69) is 46.7 Å². The fourth-order valence-corrected chi connectivity index (χ4v) is 4.10. The summed E-state index contributed by atoms with van der Waals surface area (Å²) >= 11 is 0. The van der Waals surface area contributed by atoms with Crippen LogP contribution in [-0.4, -0.2) is 30.1 Å². The van der Waals surface area contributed by atoms with E-state index < -0.39 is 16.9 Å². The monoisotopic (exact) mass is 469 g/mol. The third-order valence-corrected chi connectivity index (χ3v) is 5.60. The van der Waals surface area contributed by atoms with Crippen molar-refractivity contribution in [3.63, 3.8) is 0 Å². The normalized spacial score (nSPS) is 11.5. The van der Waals surface area contributed by atoms with Gasteiger partial charge < -0.3 is 15.4 Å². The van der Waals surface area contributed by atoms with Crippen molar-refractivity contribution in [3.8, 4) is 23.0 Å². The highest BCUT2D eigenvalue weighted by Crippen LogP contribution is 2.44. The van der Waals surface area contributed by atoms with E-state index in [4.69, 9.17) is 4.74 Å². The molecule has 0 heterocycles. The van der Waals surface area contributed by atoms with Gasteiger partial charge in [-0.1, -0.05) is 60.4 Å². The van der Waals surface area contributed by atoms with Crippen molar-refractivity contribution in [1.29, 1.82) is 0 Å². The van der Waals surface area contributed by atoms with Crippen LogP contribution >= 0.6 is 0 Å². The minimum Gasteiger partial charge on any atom is -0.449 e. The molecule has 0 bridgehead atoms. The highest BCUT2D eigenvalue weighted by atomic mass is 16.6. The molecule has 3 aromatic rings. The summed E-state index contributed by atoms with van der Waals surface area (Å²) in [7, 11) is 0. The Bertz CT molecular complexity index is 1310. The van der Waals surface area contributed by atoms with E-state index in [-0.39, 0.29) is 30.4 Å². The molecule has 8 heteroatoms. The molecule has 0 saturated carbocycles. The van der Waals surface area contributed by atoms with Gasteiger partial charge in [-0.25, -0.2) is 4.79 Å². The number of nitrogens with one attached hydrogen (secondary N) is 2. The van der Waals surface area contributed by atoms with Crippen molar-refractivity contribution in [2.45, 2.75) is 19.3 Å². The van der Waals surface area contributed by atoms with Gasteiger partial charge in [0.15, 0.2) is 0 Å². The lowest BCUT2D eigenvalue weighted by atomic mass is 9.98. The maximum Gasteiger partial charge on any atom is 0.407 e. The first-order chi connectivity index (χ1) is 16.9. The third-order valence-electron chi connectivity index (χ3n) is 5.60. The minimum atomic E-state index is -0.574. The molecule has 2 amide bonds. The molecule has 3 aromatic carbocycles. The molecule has 4 rings (SSSR count). The van der Waals surface area contributed by atoms with Gasteiger partial charge in [0.25, 0.3) is 5.69 Å². The van der Waals surface area contributed by atoms with E-state index in [9.17, 15) is 19.7 Å². The second kappa shape index (κ2) is 10.5. The standard InChI is InChI=1S/C27H23N3O5/c1-18(31)29-25-14-13-19(16-26(25)30(33)34)8-6-7-15-28-27(32)35-17-24-22-11-4-2-9-20(22)21-10-3-5-12-23(21)24/h2-5,9-14,16,24H,7,15,17H2,1H3,(H,28,32)(H,29,31). The largest absolute Gasteiger partial charge is 0.449 e. The SMILES string of the molecule is CC(=O)Nc1ccc(C#CCCNC(=O)OCC2c3ccccc3-c3ccccc32)cc1[N+](=O)[O-]. The number of nitro groups is 1. The van der Waals surface area contributed by atoms with Crippen LogP contribution in [0.2, 0.25) is 0 Å². The molecule has 35 heavy (non-hydrogen) atoms. The van der Waals surface area contributed by atoms with E-state index in [0.717, 1.165) is 22.3 Å². The Kier molecular flexibility index (Phi) is 7.07. The van der Waals surface area contributed by atoms with Crippen molar-refractivity contribution >= 4 is 23.4 Å². The molecule has 8 nitrogen and oxygen atoms in total. The number of fused-ring (bicyclic) bond motifs is 3. The summed E-state index contributed by atoms with van der Waals surface area (Å²) < 4.78 is 5.48. The topological polar surface area (TPSA) is 111 Å². The molecule has 0 saturated heterocycles. The van der Waals surface area contributed by atoms with Gasteiger partial charge in [0, 0.05) is 37.4 Å². The van der Waals surface area contributed by atoms with Crippen LogP contribution in [0, 0.1) is 22.0 Å². The van der Waals surface area contributed by atoms with Gasteiger partial charge in [0.05, 0.1) is 4.92 Å². The van der Waals surface area contributed by atoms with Gasteiger partial charge >= 0.3 is 6.09 Å². The first-order valence-electron chi connectivity index (χ1n) is 11.1. The molecular formula is C27H23N3O5. The number of rotatable bonds is 6. The van der Waals surface area contributed by atoms with E-state index in [0.29, 0.717) is 12.0 Å². The van der Waals surface area contributed by atoms with E-state index in [1.807, 2.05) is 24.3 Å². The highest BCUT2D eigenvalue weighted by Gasteiger charge is 2.28. The zero-order valence-corrected chi connectivity index (χ0v) is 19.0. The van der Waals surface area contributed by atoms with Crippen LogP contribution in [0.4, 0.5) is 16.2 Å². The number of ether oxygens (including phenoxy) is 1. The van der Waals surface area contributed by atoms with Crippen molar-refractivity contribution in [1.82, 2.24) is 5.32 Å². The van der Waals surface area contributed by atoms with Gasteiger partial charge in [0.1, 0.15) is 12.3 Å². The fourth-order valence-electron chi connectivity index (χ4n) is 4.10. The summed E-state index contributed by atoms with van der Waals surface area (Å²) in [5.41, 5.74) is 4.94. The Morgan fingerprint density at radius 3 is 2.31 bits per heavy atom. The van der Waals surface area contributed by atoms with Gasteiger partial charge in [-0.15, -0.1) is 0 Å².